The summed E-state index contributed by atoms with van der Waals surface area (Å²) in [6.07, 6.45) is 2.48. The number of hydrogen-bond donors (Lipinski definition) is 3. The molecular weight excluding hydrogens is 319 g/mol. The highest BCUT2D eigenvalue weighted by Crippen LogP contribution is 2.50. The topological polar surface area (TPSA) is 61.4 Å². The standard InChI is InChI=1S/C17H24ClFN2O2/c1-16(2,7-8-22)10-20-15(23)21-11-17(5-6-17)13-4-3-12(19)9-14(13)18/h3-4,9,22H,5-8,10-11H2,1-2H3,(H2,20,21,23). The second-order valence-corrected chi connectivity index (χ2v) is 7.49. The summed E-state index contributed by atoms with van der Waals surface area (Å²) in [5, 5.41) is 15.1. The lowest BCUT2D eigenvalue weighted by molar-refractivity contribution is 0.201. The molecule has 0 saturated heterocycles. The van der Waals surface area contributed by atoms with Gasteiger partial charge in [-0.05, 0) is 42.4 Å². The van der Waals surface area contributed by atoms with Gasteiger partial charge >= 0.3 is 6.03 Å². The Kier molecular flexibility index (Phi) is 5.53. The number of nitrogens with one attached hydrogen (secondary N) is 2. The third-order valence-electron chi connectivity index (χ3n) is 4.46. The number of urea groups is 1. The average Bonchev–Trinajstić information content (AvgIpc) is 3.24. The van der Waals surface area contributed by atoms with Crippen molar-refractivity contribution in [2.24, 2.45) is 5.41 Å². The zero-order valence-corrected chi connectivity index (χ0v) is 14.3. The van der Waals surface area contributed by atoms with E-state index in [2.05, 4.69) is 10.6 Å². The number of carbonyl (C=O) groups is 1. The van der Waals surface area contributed by atoms with Crippen molar-refractivity contribution in [2.45, 2.75) is 38.5 Å². The van der Waals surface area contributed by atoms with Gasteiger partial charge in [0.15, 0.2) is 0 Å². The molecule has 1 aromatic carbocycles. The van der Waals surface area contributed by atoms with E-state index in [4.69, 9.17) is 16.7 Å². The van der Waals surface area contributed by atoms with Crippen LogP contribution in [0.15, 0.2) is 18.2 Å². The van der Waals surface area contributed by atoms with E-state index in [1.54, 1.807) is 6.07 Å². The molecule has 0 unspecified atom stereocenters. The number of halogens is 2. The van der Waals surface area contributed by atoms with Gasteiger partial charge in [0.1, 0.15) is 5.82 Å². The molecule has 4 nitrogen and oxygen atoms in total. The highest BCUT2D eigenvalue weighted by Gasteiger charge is 2.45. The molecule has 1 saturated carbocycles. The fourth-order valence-corrected chi connectivity index (χ4v) is 3.00. The van der Waals surface area contributed by atoms with Crippen LogP contribution in [0.4, 0.5) is 9.18 Å². The van der Waals surface area contributed by atoms with E-state index >= 15 is 0 Å². The highest BCUT2D eigenvalue weighted by atomic mass is 35.5. The lowest BCUT2D eigenvalue weighted by Crippen LogP contribution is -2.43. The van der Waals surface area contributed by atoms with Crippen LogP contribution in [-0.4, -0.2) is 30.8 Å². The van der Waals surface area contributed by atoms with Crippen molar-refractivity contribution in [3.05, 3.63) is 34.6 Å². The number of benzene rings is 1. The number of rotatable bonds is 7. The Bertz CT molecular complexity index is 574. The van der Waals surface area contributed by atoms with Gasteiger partial charge in [-0.2, -0.15) is 0 Å². The van der Waals surface area contributed by atoms with Crippen molar-refractivity contribution >= 4 is 17.6 Å². The lowest BCUT2D eigenvalue weighted by atomic mass is 9.90. The molecule has 2 amide bonds. The van der Waals surface area contributed by atoms with Crippen LogP contribution in [-0.2, 0) is 5.41 Å². The maximum Gasteiger partial charge on any atom is 0.314 e. The Morgan fingerprint density at radius 2 is 2.09 bits per heavy atom. The van der Waals surface area contributed by atoms with E-state index in [0.29, 0.717) is 24.5 Å². The number of hydrogen-bond acceptors (Lipinski definition) is 2. The van der Waals surface area contributed by atoms with Gasteiger partial charge in [0.05, 0.1) is 0 Å². The van der Waals surface area contributed by atoms with E-state index in [-0.39, 0.29) is 29.3 Å². The van der Waals surface area contributed by atoms with Crippen LogP contribution in [0.3, 0.4) is 0 Å². The summed E-state index contributed by atoms with van der Waals surface area (Å²) in [6.45, 7) is 5.05. The summed E-state index contributed by atoms with van der Waals surface area (Å²) in [5.74, 6) is -0.355. The van der Waals surface area contributed by atoms with Crippen LogP contribution in [0.5, 0.6) is 0 Å². The van der Waals surface area contributed by atoms with Gasteiger partial charge in [-0.3, -0.25) is 0 Å². The lowest BCUT2D eigenvalue weighted by Gasteiger charge is -2.24. The monoisotopic (exact) mass is 342 g/mol. The van der Waals surface area contributed by atoms with E-state index in [1.165, 1.54) is 12.1 Å². The largest absolute Gasteiger partial charge is 0.396 e. The van der Waals surface area contributed by atoms with Crippen molar-refractivity contribution in [1.29, 1.82) is 0 Å². The van der Waals surface area contributed by atoms with E-state index < -0.39 is 0 Å². The fraction of sp³-hybridized carbons (Fsp3) is 0.588. The van der Waals surface area contributed by atoms with Gasteiger partial charge in [0.25, 0.3) is 0 Å². The maximum absolute atomic E-state index is 13.2. The molecule has 1 aromatic rings. The molecule has 1 fully saturated rings. The number of carbonyl (C=O) groups excluding carboxylic acids is 1. The molecular formula is C17H24ClFN2O2. The Morgan fingerprint density at radius 3 is 2.65 bits per heavy atom. The molecule has 0 bridgehead atoms. The van der Waals surface area contributed by atoms with Gasteiger partial charge in [0.2, 0.25) is 0 Å². The third kappa shape index (κ3) is 4.82. The first-order chi connectivity index (χ1) is 10.8. The normalized spacial score (nSPS) is 16.0. The number of amides is 2. The van der Waals surface area contributed by atoms with Crippen molar-refractivity contribution in [2.75, 3.05) is 19.7 Å². The molecule has 0 atom stereocenters. The Labute approximate surface area is 141 Å². The molecule has 0 radical (unpaired) electrons. The molecule has 0 aromatic heterocycles. The van der Waals surface area contributed by atoms with Crippen LogP contribution in [0.2, 0.25) is 5.02 Å². The predicted octanol–water partition coefficient (Wildman–Crippen LogP) is 3.22. The minimum atomic E-state index is -0.355. The number of aliphatic hydroxyl groups is 1. The van der Waals surface area contributed by atoms with Crippen LogP contribution in [0, 0.1) is 11.2 Å². The van der Waals surface area contributed by atoms with Crippen molar-refractivity contribution in [1.82, 2.24) is 10.6 Å². The average molecular weight is 343 g/mol. The molecule has 1 aliphatic rings. The molecule has 23 heavy (non-hydrogen) atoms. The van der Waals surface area contributed by atoms with Gasteiger partial charge in [0, 0.05) is 30.1 Å². The van der Waals surface area contributed by atoms with Crippen molar-refractivity contribution in [3.63, 3.8) is 0 Å². The maximum atomic E-state index is 13.2. The van der Waals surface area contributed by atoms with Crippen LogP contribution in [0.1, 0.15) is 38.7 Å². The molecule has 0 aliphatic heterocycles. The first-order valence-electron chi connectivity index (χ1n) is 7.86. The van der Waals surface area contributed by atoms with Gasteiger partial charge < -0.3 is 15.7 Å². The van der Waals surface area contributed by atoms with E-state index in [9.17, 15) is 9.18 Å². The molecule has 0 heterocycles. The summed E-state index contributed by atoms with van der Waals surface area (Å²) in [7, 11) is 0. The summed E-state index contributed by atoms with van der Waals surface area (Å²) in [4.78, 5) is 12.0. The summed E-state index contributed by atoms with van der Waals surface area (Å²) >= 11 is 6.13. The zero-order chi connectivity index (χ0) is 17.1. The minimum absolute atomic E-state index is 0.0997. The van der Waals surface area contributed by atoms with Crippen LogP contribution >= 0.6 is 11.6 Å². The van der Waals surface area contributed by atoms with Gasteiger partial charge in [-0.1, -0.05) is 31.5 Å². The Balaban J connectivity index is 1.87. The Morgan fingerprint density at radius 1 is 1.39 bits per heavy atom. The van der Waals surface area contributed by atoms with Crippen molar-refractivity contribution < 1.29 is 14.3 Å². The SMILES string of the molecule is CC(C)(CCO)CNC(=O)NCC1(c2ccc(F)cc2Cl)CC1. The second kappa shape index (κ2) is 7.05. The molecule has 6 heteroatoms. The van der Waals surface area contributed by atoms with Crippen LogP contribution in [0.25, 0.3) is 0 Å². The minimum Gasteiger partial charge on any atom is -0.396 e. The molecule has 3 N–H and O–H groups in total. The van der Waals surface area contributed by atoms with Gasteiger partial charge in [-0.25, -0.2) is 9.18 Å². The number of aliphatic hydroxyl groups excluding tert-OH is 1. The fourth-order valence-electron chi connectivity index (χ4n) is 2.63. The van der Waals surface area contributed by atoms with E-state index in [1.807, 2.05) is 13.8 Å². The van der Waals surface area contributed by atoms with Crippen molar-refractivity contribution in [3.8, 4) is 0 Å². The van der Waals surface area contributed by atoms with Crippen LogP contribution < -0.4 is 10.6 Å². The quantitative estimate of drug-likeness (QED) is 0.712. The summed E-state index contributed by atoms with van der Waals surface area (Å²) in [6, 6.07) is 4.18. The highest BCUT2D eigenvalue weighted by molar-refractivity contribution is 6.31. The summed E-state index contributed by atoms with van der Waals surface area (Å²) < 4.78 is 13.2. The molecule has 128 valence electrons. The smallest absolute Gasteiger partial charge is 0.314 e. The third-order valence-corrected chi connectivity index (χ3v) is 4.77. The molecule has 0 spiro atoms. The Hall–Kier alpha value is -1.33. The zero-order valence-electron chi connectivity index (χ0n) is 13.6. The molecule has 1 aliphatic carbocycles. The first-order valence-corrected chi connectivity index (χ1v) is 8.24. The predicted molar refractivity (Wildman–Crippen MR) is 89.2 cm³/mol. The van der Waals surface area contributed by atoms with E-state index in [0.717, 1.165) is 18.4 Å². The summed E-state index contributed by atoms with van der Waals surface area (Å²) in [5.41, 5.74) is 0.563. The second-order valence-electron chi connectivity index (χ2n) is 7.08. The first kappa shape index (κ1) is 18.0. The molecule has 2 rings (SSSR count). The van der Waals surface area contributed by atoms with Gasteiger partial charge in [-0.15, -0.1) is 0 Å².